The van der Waals surface area contributed by atoms with Crippen molar-refractivity contribution in [3.05, 3.63) is 24.3 Å². The third-order valence-electron chi connectivity index (χ3n) is 12.8. The molecular weight excluding hydrogens is 879 g/mol. The van der Waals surface area contributed by atoms with Gasteiger partial charge in [0.15, 0.2) is 18.9 Å². The Balaban J connectivity index is 1.56. The lowest BCUT2D eigenvalue weighted by Gasteiger charge is -2.48. The third-order valence-corrected chi connectivity index (χ3v) is 12.8. The maximum Gasteiger partial charge on any atom is 0.220 e. The summed E-state index contributed by atoms with van der Waals surface area (Å²) < 4.78 is 34.1. The highest BCUT2D eigenvalue weighted by atomic mass is 16.8. The van der Waals surface area contributed by atoms with Gasteiger partial charge >= 0.3 is 0 Å². The minimum Gasteiger partial charge on any atom is -0.394 e. The summed E-state index contributed by atoms with van der Waals surface area (Å²) in [5.74, 6) is -0.263. The first-order valence-corrected chi connectivity index (χ1v) is 25.1. The standard InChI is InChI=1S/C48H87NO18/c1-3-5-7-9-11-13-14-15-16-18-20-22-24-26-36(54)49-31(32(53)25-23-21-19-17-12-10-8-6-4-2)30-62-46-42(60)39(57)44(34(28-51)64-46)67-48-43(61)40(58)45(35(29-52)65-48)66-47-41(59)38(56)37(55)33(27-50)63-47/h7,9,13-14,31-35,37-48,50-53,55-61H,3-6,8,10-12,15-30H2,1-2H3,(H,49,54)/b9-7-,14-13-. The largest absolute Gasteiger partial charge is 0.394 e. The van der Waals surface area contributed by atoms with Crippen LogP contribution in [0.2, 0.25) is 0 Å². The Labute approximate surface area is 397 Å². The first kappa shape index (κ1) is 59.6. The molecule has 3 aliphatic heterocycles. The summed E-state index contributed by atoms with van der Waals surface area (Å²) in [6.45, 7) is 1.63. The number of rotatable bonds is 34. The number of nitrogens with one attached hydrogen (secondary N) is 1. The molecule has 3 fully saturated rings. The smallest absolute Gasteiger partial charge is 0.220 e. The SMILES string of the molecule is CCC/C=C\C/C=C\CCCCCCCC(=O)NC(COC1OC(CO)C(OC2OC(CO)C(OC3OC(CO)C(O)C(O)C3O)C(O)C2O)C(O)C1O)C(O)CCCCCCCCCCC. The second-order valence-corrected chi connectivity index (χ2v) is 18.3. The van der Waals surface area contributed by atoms with Crippen LogP contribution in [0.1, 0.15) is 142 Å². The number of hydrogen-bond donors (Lipinski definition) is 12. The van der Waals surface area contributed by atoms with Gasteiger partial charge in [0.25, 0.3) is 0 Å². The van der Waals surface area contributed by atoms with Crippen molar-refractivity contribution in [1.29, 1.82) is 0 Å². The molecule has 0 aliphatic carbocycles. The van der Waals surface area contributed by atoms with Gasteiger partial charge in [0.2, 0.25) is 5.91 Å². The minimum atomic E-state index is -1.97. The van der Waals surface area contributed by atoms with E-state index in [2.05, 4.69) is 43.5 Å². The summed E-state index contributed by atoms with van der Waals surface area (Å²) in [6.07, 6.45) is 1.64. The first-order valence-electron chi connectivity index (χ1n) is 25.1. The van der Waals surface area contributed by atoms with Crippen molar-refractivity contribution in [1.82, 2.24) is 5.32 Å². The molecule has 3 saturated heterocycles. The molecule has 0 aromatic rings. The Kier molecular flexibility index (Phi) is 30.0. The van der Waals surface area contributed by atoms with E-state index in [1.807, 2.05) is 0 Å². The number of aliphatic hydroxyl groups is 11. The molecule has 3 rings (SSSR count). The maximum absolute atomic E-state index is 13.2. The fraction of sp³-hybridized carbons (Fsp3) is 0.896. The van der Waals surface area contributed by atoms with Crippen LogP contribution in [0.5, 0.6) is 0 Å². The molecule has 67 heavy (non-hydrogen) atoms. The second kappa shape index (κ2) is 33.8. The highest BCUT2D eigenvalue weighted by Gasteiger charge is 2.53. The van der Waals surface area contributed by atoms with E-state index in [1.54, 1.807) is 0 Å². The molecule has 3 heterocycles. The predicted molar refractivity (Wildman–Crippen MR) is 245 cm³/mol. The minimum absolute atomic E-state index is 0.250. The zero-order valence-electron chi connectivity index (χ0n) is 39.9. The van der Waals surface area contributed by atoms with Crippen LogP contribution in [0.15, 0.2) is 24.3 Å². The molecule has 12 N–H and O–H groups in total. The highest BCUT2D eigenvalue weighted by molar-refractivity contribution is 5.76. The predicted octanol–water partition coefficient (Wildman–Crippen LogP) is 1.25. The molecule has 0 saturated carbocycles. The molecule has 19 heteroatoms. The third kappa shape index (κ3) is 20.1. The van der Waals surface area contributed by atoms with Gasteiger partial charge in [0.05, 0.1) is 38.6 Å². The Morgan fingerprint density at radius 2 is 1.01 bits per heavy atom. The zero-order valence-corrected chi connectivity index (χ0v) is 39.9. The van der Waals surface area contributed by atoms with E-state index >= 15 is 0 Å². The van der Waals surface area contributed by atoms with Crippen LogP contribution in [0.3, 0.4) is 0 Å². The number of hydrogen-bond acceptors (Lipinski definition) is 18. The highest BCUT2D eigenvalue weighted by Crippen LogP contribution is 2.33. The maximum atomic E-state index is 13.2. The normalized spacial score (nSPS) is 33.7. The Morgan fingerprint density at radius 3 is 1.58 bits per heavy atom. The molecule has 17 unspecified atom stereocenters. The van der Waals surface area contributed by atoms with Crippen molar-refractivity contribution in [2.75, 3.05) is 26.4 Å². The number of aliphatic hydroxyl groups excluding tert-OH is 11. The van der Waals surface area contributed by atoms with Gasteiger partial charge in [-0.1, -0.05) is 122 Å². The number of allylic oxidation sites excluding steroid dienone is 4. The number of ether oxygens (including phenoxy) is 6. The van der Waals surface area contributed by atoms with Crippen molar-refractivity contribution in [3.8, 4) is 0 Å². The molecule has 392 valence electrons. The Hall–Kier alpha value is -1.73. The van der Waals surface area contributed by atoms with Crippen molar-refractivity contribution in [2.45, 2.75) is 247 Å². The van der Waals surface area contributed by atoms with Crippen LogP contribution in [0, 0.1) is 0 Å². The van der Waals surface area contributed by atoms with E-state index in [9.17, 15) is 61.0 Å². The average molecular weight is 966 g/mol. The number of unbranched alkanes of at least 4 members (excludes halogenated alkanes) is 14. The first-order chi connectivity index (χ1) is 32.3. The molecule has 0 aromatic heterocycles. The lowest BCUT2D eigenvalue weighted by Crippen LogP contribution is -2.66. The van der Waals surface area contributed by atoms with E-state index in [1.165, 1.54) is 32.1 Å². The van der Waals surface area contributed by atoms with Crippen molar-refractivity contribution < 1.29 is 89.4 Å². The van der Waals surface area contributed by atoms with Crippen molar-refractivity contribution in [2.24, 2.45) is 0 Å². The number of carbonyl (C=O) groups is 1. The van der Waals surface area contributed by atoms with Crippen LogP contribution < -0.4 is 5.32 Å². The quantitative estimate of drug-likeness (QED) is 0.0319. The lowest BCUT2D eigenvalue weighted by atomic mass is 9.96. The zero-order chi connectivity index (χ0) is 49.1. The van der Waals surface area contributed by atoms with Gasteiger partial charge in [-0.15, -0.1) is 0 Å². The molecule has 0 aromatic carbocycles. The molecule has 0 radical (unpaired) electrons. The summed E-state index contributed by atoms with van der Waals surface area (Å²) in [4.78, 5) is 13.2. The van der Waals surface area contributed by atoms with Crippen molar-refractivity contribution in [3.63, 3.8) is 0 Å². The molecule has 0 bridgehead atoms. The van der Waals surface area contributed by atoms with Crippen LogP contribution >= 0.6 is 0 Å². The fourth-order valence-electron chi connectivity index (χ4n) is 8.52. The summed E-state index contributed by atoms with van der Waals surface area (Å²) in [5, 5.41) is 119. The van der Waals surface area contributed by atoms with Crippen LogP contribution in [-0.2, 0) is 33.2 Å². The Morgan fingerprint density at radius 1 is 0.537 bits per heavy atom. The molecule has 17 atom stereocenters. The van der Waals surface area contributed by atoms with E-state index in [4.69, 9.17) is 28.4 Å². The number of carbonyl (C=O) groups excluding carboxylic acids is 1. The lowest BCUT2D eigenvalue weighted by molar-refractivity contribution is -0.379. The van der Waals surface area contributed by atoms with E-state index < -0.39 is 124 Å². The van der Waals surface area contributed by atoms with Gasteiger partial charge in [0, 0.05) is 6.42 Å². The van der Waals surface area contributed by atoms with E-state index in [0.717, 1.165) is 77.0 Å². The molecule has 3 aliphatic rings. The van der Waals surface area contributed by atoms with Gasteiger partial charge < -0.3 is 89.9 Å². The fourth-order valence-corrected chi connectivity index (χ4v) is 8.52. The van der Waals surface area contributed by atoms with E-state index in [-0.39, 0.29) is 18.9 Å². The molecule has 1 amide bonds. The Bertz CT molecular complexity index is 1340. The van der Waals surface area contributed by atoms with Crippen LogP contribution in [0.4, 0.5) is 0 Å². The summed E-state index contributed by atoms with van der Waals surface area (Å²) in [5.41, 5.74) is 0. The summed E-state index contributed by atoms with van der Waals surface area (Å²) in [7, 11) is 0. The second-order valence-electron chi connectivity index (χ2n) is 18.3. The summed E-state index contributed by atoms with van der Waals surface area (Å²) >= 11 is 0. The monoisotopic (exact) mass is 966 g/mol. The van der Waals surface area contributed by atoms with Gasteiger partial charge in [0.1, 0.15) is 73.2 Å². The summed E-state index contributed by atoms with van der Waals surface area (Å²) in [6, 6.07) is -0.888. The van der Waals surface area contributed by atoms with Crippen LogP contribution in [0.25, 0.3) is 0 Å². The molecule has 0 spiro atoms. The van der Waals surface area contributed by atoms with Gasteiger partial charge in [-0.05, 0) is 38.5 Å². The van der Waals surface area contributed by atoms with E-state index in [0.29, 0.717) is 12.8 Å². The molecular formula is C48H87NO18. The van der Waals surface area contributed by atoms with Crippen molar-refractivity contribution >= 4 is 5.91 Å². The van der Waals surface area contributed by atoms with Crippen LogP contribution in [-0.4, -0.2) is 193 Å². The van der Waals surface area contributed by atoms with Gasteiger partial charge in [-0.2, -0.15) is 0 Å². The topological polar surface area (TPSA) is 307 Å². The van der Waals surface area contributed by atoms with Gasteiger partial charge in [-0.25, -0.2) is 0 Å². The van der Waals surface area contributed by atoms with Gasteiger partial charge in [-0.3, -0.25) is 4.79 Å². The number of amides is 1. The average Bonchev–Trinajstić information content (AvgIpc) is 3.32. The molecule has 19 nitrogen and oxygen atoms in total.